The predicted octanol–water partition coefficient (Wildman–Crippen LogP) is 17.1. The van der Waals surface area contributed by atoms with Crippen molar-refractivity contribution in [2.45, 2.75) is 203 Å². The van der Waals surface area contributed by atoms with E-state index >= 15 is 0 Å². The van der Waals surface area contributed by atoms with Gasteiger partial charge in [-0.15, -0.1) is 0 Å². The number of carbonyl (C=O) groups excluding carboxylic acids is 3. The van der Waals surface area contributed by atoms with E-state index in [0.717, 1.165) is 123 Å². The first kappa shape index (κ1) is 85.6. The molecule has 26 nitrogen and oxygen atoms in total. The monoisotopic (exact) mass is 1710 g/mol. The summed E-state index contributed by atoms with van der Waals surface area (Å²) in [5.41, 5.74) is 3.81. The van der Waals surface area contributed by atoms with Gasteiger partial charge in [-0.2, -0.15) is 54.8 Å². The summed E-state index contributed by atoms with van der Waals surface area (Å²) in [6.07, 6.45) is 10.4. The minimum absolute atomic E-state index is 0.0435. The van der Waals surface area contributed by atoms with Crippen LogP contribution in [0.15, 0.2) is 142 Å². The second-order valence-electron chi connectivity index (χ2n) is 31.0. The van der Waals surface area contributed by atoms with Crippen molar-refractivity contribution in [3.05, 3.63) is 231 Å². The maximum atomic E-state index is 14.9. The summed E-state index contributed by atoms with van der Waals surface area (Å²) in [5, 5.41) is 34.0. The van der Waals surface area contributed by atoms with Crippen LogP contribution in [0.4, 0.5) is 70.1 Å². The van der Waals surface area contributed by atoms with Crippen molar-refractivity contribution in [1.82, 2.24) is 75.1 Å². The Morgan fingerprint density at radius 1 is 0.447 bits per heavy atom. The van der Waals surface area contributed by atoms with E-state index < -0.39 is 69.9 Å². The molecule has 2 saturated heterocycles. The Kier molecular flexibility index (Phi) is 24.8. The largest absolute Gasteiger partial charge is 0.401 e. The average Bonchev–Trinajstić information content (AvgIpc) is 1.58. The third kappa shape index (κ3) is 19.3. The zero-order valence-corrected chi connectivity index (χ0v) is 66.6. The maximum absolute atomic E-state index is 14.9. The molecule has 0 bridgehead atoms. The molecule has 0 radical (unpaired) electrons. The van der Waals surface area contributed by atoms with Crippen molar-refractivity contribution in [2.24, 2.45) is 0 Å². The lowest BCUT2D eigenvalue weighted by molar-refractivity contribution is -0.166. The highest BCUT2D eigenvalue weighted by Gasteiger charge is 2.69. The number of hydrogen-bond donors (Lipinski definition) is 4. The number of nitrogens with zero attached hydrogens (tertiary/aromatic N) is 14. The number of halogens is 12. The first-order chi connectivity index (χ1) is 59.0. The molecule has 11 heterocycles. The van der Waals surface area contributed by atoms with Crippen LogP contribution in [0.2, 0.25) is 0 Å². The Morgan fingerprint density at radius 2 is 0.829 bits per heavy atom. The molecule has 3 aromatic carbocycles. The number of rotatable bonds is 26. The van der Waals surface area contributed by atoms with Gasteiger partial charge in [-0.3, -0.25) is 19.5 Å². The Hall–Kier alpha value is -12.4. The standard InChI is InChI=1S/2C30H30F4N6O3.C25H22F4N6O2/c1-2-23-20(17-40(38-23)28-5-3-4-10-42-28)12-25-35-15-21(16-36-25)18-6-7-19(22(31)11-18)13-27(41)37-26-14-24(43-39-26)29(8-9-29)30(32,33)34;1-2-23-20(17-37-40(23)28-5-3-4-10-42-28)12-25-35-15-21(16-36-25)18-6-7-19(22(31)11-18)13-27(41)38-26-14-24(43-39-26)29(8-9-29)30(32,33)34;1-2-19-16(13-32-34-19)8-21-30-11-17(12-31-21)14-3-4-15(18(26)7-14)9-23(36)33-22-10-20(37-35-22)24(5-6-24)25(27,28)29/h6-7,11,14-17,28H,2-5,8-10,12-13H2,1H3,(H,37,39,41);6-7,11,14-17,28H,2-5,8-10,12-13H2,1H3,(H,38,39,41);3-4,7,10-13H,2,5-6,8-9H2,1H3,(H,32,34)(H,33,35,36). The van der Waals surface area contributed by atoms with Crippen molar-refractivity contribution in [2.75, 3.05) is 29.2 Å². The molecule has 123 heavy (non-hydrogen) atoms. The SMILES string of the molecule is CCc1[nH]ncc1Cc1ncc(-c2ccc(CC(=O)Nc3cc(C4(C(F)(F)F)CC4)on3)c(F)c2)cn1.CCc1c(Cc2ncc(-c3ccc(CC(=O)Nc4cc(C5(C(F)(F)F)CC5)on4)c(F)c3)cn2)cnn1C1CCCCO1.CCc1nn(C2CCCCO2)cc1Cc1ncc(-c2ccc(CC(=O)Nc3cc(C4(C(F)(F)F)CC4)on3)c(F)c2)cn1. The number of aromatic amines is 1. The van der Waals surface area contributed by atoms with E-state index in [-0.39, 0.29) is 122 Å². The number of hydrogen-bond acceptors (Lipinski definition) is 20. The van der Waals surface area contributed by atoms with Crippen LogP contribution in [0.25, 0.3) is 33.4 Å². The number of amides is 3. The van der Waals surface area contributed by atoms with Gasteiger partial charge < -0.3 is 39.0 Å². The van der Waals surface area contributed by atoms with Gasteiger partial charge in [-0.1, -0.05) is 72.6 Å². The van der Waals surface area contributed by atoms with E-state index in [1.807, 2.05) is 28.7 Å². The summed E-state index contributed by atoms with van der Waals surface area (Å²) in [4.78, 5) is 64.0. The third-order valence-corrected chi connectivity index (χ3v) is 22.6. The van der Waals surface area contributed by atoms with E-state index in [1.54, 1.807) is 61.6 Å². The lowest BCUT2D eigenvalue weighted by Gasteiger charge is -2.24. The van der Waals surface area contributed by atoms with E-state index in [4.69, 9.17) is 28.1 Å². The van der Waals surface area contributed by atoms with Crippen LogP contribution in [0.3, 0.4) is 0 Å². The molecule has 4 N–H and O–H groups in total. The molecule has 3 aliphatic carbocycles. The van der Waals surface area contributed by atoms with Gasteiger partial charge in [0.05, 0.1) is 37.4 Å². The van der Waals surface area contributed by atoms with Crippen molar-refractivity contribution in [3.8, 4) is 33.4 Å². The molecule has 5 fully saturated rings. The third-order valence-electron chi connectivity index (χ3n) is 22.6. The van der Waals surface area contributed by atoms with Crippen LogP contribution in [0, 0.1) is 17.5 Å². The fourth-order valence-corrected chi connectivity index (χ4v) is 15.0. The Morgan fingerprint density at radius 3 is 1.17 bits per heavy atom. The number of anilines is 3. The summed E-state index contributed by atoms with van der Waals surface area (Å²) < 4.78 is 194. The number of aromatic nitrogens is 15. The zero-order chi connectivity index (χ0) is 86.6. The first-order valence-corrected chi connectivity index (χ1v) is 40.2. The van der Waals surface area contributed by atoms with E-state index in [9.17, 15) is 67.1 Å². The Labute approximate surface area is 694 Å². The van der Waals surface area contributed by atoms with E-state index in [1.165, 1.54) is 36.4 Å². The summed E-state index contributed by atoms with van der Waals surface area (Å²) in [5.74, 6) is -3.40. The zero-order valence-electron chi connectivity index (χ0n) is 66.6. The maximum Gasteiger partial charge on any atom is 0.401 e. The summed E-state index contributed by atoms with van der Waals surface area (Å²) >= 11 is 0. The molecular weight excluding hydrogens is 1630 g/mol. The normalized spacial score (nSPS) is 17.0. The minimum Gasteiger partial charge on any atom is -0.358 e. The first-order valence-electron chi connectivity index (χ1n) is 40.2. The quantitative estimate of drug-likeness (QED) is 0.0366. The van der Waals surface area contributed by atoms with Gasteiger partial charge in [0, 0.05) is 139 Å². The van der Waals surface area contributed by atoms with Gasteiger partial charge in [0.2, 0.25) is 17.7 Å². The van der Waals surface area contributed by atoms with Crippen molar-refractivity contribution >= 4 is 35.2 Å². The van der Waals surface area contributed by atoms with Gasteiger partial charge in [0.1, 0.15) is 63.6 Å². The number of nitrogens with one attached hydrogen (secondary N) is 4. The van der Waals surface area contributed by atoms with Gasteiger partial charge in [-0.05, 0) is 148 Å². The summed E-state index contributed by atoms with van der Waals surface area (Å²) in [7, 11) is 0. The number of alkyl halides is 9. The lowest BCUT2D eigenvalue weighted by atomic mass is 10.0. The fourth-order valence-electron chi connectivity index (χ4n) is 15.0. The van der Waals surface area contributed by atoms with Crippen LogP contribution in [0.1, 0.15) is 195 Å². The smallest absolute Gasteiger partial charge is 0.358 e. The molecule has 644 valence electrons. The van der Waals surface area contributed by atoms with Gasteiger partial charge >= 0.3 is 18.5 Å². The molecule has 12 aromatic rings. The average molecular weight is 1710 g/mol. The van der Waals surface area contributed by atoms with Gasteiger partial charge in [0.25, 0.3) is 0 Å². The molecule has 2 unspecified atom stereocenters. The summed E-state index contributed by atoms with van der Waals surface area (Å²) in [6.45, 7) is 7.63. The predicted molar refractivity (Wildman–Crippen MR) is 417 cm³/mol. The second-order valence-corrected chi connectivity index (χ2v) is 31.0. The van der Waals surface area contributed by atoms with Crippen LogP contribution >= 0.6 is 0 Å². The molecule has 0 spiro atoms. The molecule has 2 atom stereocenters. The van der Waals surface area contributed by atoms with Crippen molar-refractivity contribution in [1.29, 1.82) is 0 Å². The molecule has 9 aromatic heterocycles. The lowest BCUT2D eigenvalue weighted by Crippen LogP contribution is -2.28. The highest BCUT2D eigenvalue weighted by Crippen LogP contribution is 2.61. The van der Waals surface area contributed by atoms with Crippen LogP contribution < -0.4 is 16.0 Å². The highest BCUT2D eigenvalue weighted by atomic mass is 19.4. The van der Waals surface area contributed by atoms with Gasteiger partial charge in [0.15, 0.2) is 34.7 Å². The topological polar surface area (TPSA) is 326 Å². The molecule has 3 saturated carbocycles. The number of benzene rings is 3. The van der Waals surface area contributed by atoms with Crippen LogP contribution in [0.5, 0.6) is 0 Å². The molecule has 38 heteroatoms. The number of H-pyrrole nitrogens is 1. The van der Waals surface area contributed by atoms with Crippen LogP contribution in [-0.4, -0.2) is 125 Å². The Balaban J connectivity index is 0.000000144. The Bertz CT molecular complexity index is 5560. The van der Waals surface area contributed by atoms with Crippen molar-refractivity contribution in [3.63, 3.8) is 0 Å². The minimum atomic E-state index is -4.46. The summed E-state index contributed by atoms with van der Waals surface area (Å²) in [6, 6.07) is 16.4. The highest BCUT2D eigenvalue weighted by molar-refractivity contribution is 5.93. The number of aryl methyl sites for hydroxylation is 2. The molecule has 3 amide bonds. The number of ether oxygens (including phenoxy) is 2. The van der Waals surface area contributed by atoms with E-state index in [0.29, 0.717) is 70.1 Å². The van der Waals surface area contributed by atoms with Crippen LogP contribution in [-0.2, 0) is 97.9 Å². The van der Waals surface area contributed by atoms with Gasteiger partial charge in [-0.25, -0.2) is 52.4 Å². The molecule has 17 rings (SSSR count). The molecule has 5 aliphatic rings. The van der Waals surface area contributed by atoms with Crippen molar-refractivity contribution < 1.29 is 90.1 Å². The number of carbonyl (C=O) groups is 3. The molecule has 2 aliphatic heterocycles. The molecular formula is C85H82F12N18O8. The second kappa shape index (κ2) is 35.6. The fraction of sp³-hybridized carbons (Fsp3) is 0.400. The van der Waals surface area contributed by atoms with E-state index in [2.05, 4.69) is 90.5 Å².